The Bertz CT molecular complexity index is 291. The molecule has 0 aromatic rings. The van der Waals surface area contributed by atoms with E-state index in [0.717, 1.165) is 9.84 Å². The number of alkyl halides is 1. The summed E-state index contributed by atoms with van der Waals surface area (Å²) >= 11 is 0.723. The van der Waals surface area contributed by atoms with Crippen LogP contribution in [0, 0.1) is 5.92 Å². The van der Waals surface area contributed by atoms with Gasteiger partial charge in [0.05, 0.1) is 0 Å². The van der Waals surface area contributed by atoms with Crippen LogP contribution in [-0.4, -0.2) is 22.3 Å². The topological polar surface area (TPSA) is 0 Å². The molecule has 0 bridgehead atoms. The van der Waals surface area contributed by atoms with Crippen molar-refractivity contribution >= 4 is 41.0 Å². The van der Waals surface area contributed by atoms with Gasteiger partial charge in [-0.3, -0.25) is 0 Å². The second-order valence-electron chi connectivity index (χ2n) is 7.70. The van der Waals surface area contributed by atoms with Crippen LogP contribution in [0.25, 0.3) is 0 Å². The van der Waals surface area contributed by atoms with Crippen molar-refractivity contribution in [3.63, 3.8) is 0 Å². The molecule has 2 unspecified atom stereocenters. The molecule has 0 aromatic carbocycles. The Balaban J connectivity index is 2.77. The fourth-order valence-electron chi connectivity index (χ4n) is 4.28. The minimum absolute atomic E-state index is 0.863. The second kappa shape index (κ2) is 11.8. The molecular formula is C20H39ISn. The third-order valence-electron chi connectivity index (χ3n) is 5.74. The molecule has 0 heterocycles. The molecule has 1 aliphatic rings. The molecule has 2 atom stereocenters. The zero-order valence-corrected chi connectivity index (χ0v) is 20.4. The van der Waals surface area contributed by atoms with Gasteiger partial charge in [0.2, 0.25) is 0 Å². The van der Waals surface area contributed by atoms with Gasteiger partial charge in [-0.25, -0.2) is 0 Å². The van der Waals surface area contributed by atoms with Crippen molar-refractivity contribution in [2.45, 2.75) is 100 Å². The summed E-state index contributed by atoms with van der Waals surface area (Å²) in [5, 5.41) is 0. The van der Waals surface area contributed by atoms with Crippen molar-refractivity contribution in [3.05, 3.63) is 12.2 Å². The van der Waals surface area contributed by atoms with Crippen molar-refractivity contribution in [2.24, 2.45) is 5.92 Å². The van der Waals surface area contributed by atoms with E-state index in [2.05, 4.69) is 49.9 Å². The van der Waals surface area contributed by atoms with E-state index in [1.165, 1.54) is 62.2 Å². The van der Waals surface area contributed by atoms with Crippen LogP contribution in [0.1, 0.15) is 78.6 Å². The molecule has 0 aromatic heterocycles. The van der Waals surface area contributed by atoms with Crippen LogP contribution in [0.3, 0.4) is 0 Å². The molecule has 0 amide bonds. The van der Waals surface area contributed by atoms with E-state index in [0.29, 0.717) is 0 Å². The first-order valence-corrected chi connectivity index (χ1v) is 19.2. The Hall–Kier alpha value is 1.27. The first-order valence-electron chi connectivity index (χ1n) is 9.90. The average molecular weight is 525 g/mol. The third-order valence-corrected chi connectivity index (χ3v) is 22.8. The Kier molecular flexibility index (Phi) is 11.4. The van der Waals surface area contributed by atoms with Crippen LogP contribution in [0.15, 0.2) is 12.2 Å². The SMILES string of the molecule is C=C([CH2][Sn]([CH2]CCC)([CH2]CCC)[CH2]CCC)C1CCCC1I. The minimum atomic E-state index is -1.99. The average Bonchev–Trinajstić information content (AvgIpc) is 2.95. The zero-order valence-electron chi connectivity index (χ0n) is 15.4. The van der Waals surface area contributed by atoms with E-state index < -0.39 is 18.4 Å². The zero-order chi connectivity index (χ0) is 16.4. The Morgan fingerprint density at radius 2 is 1.45 bits per heavy atom. The molecule has 0 N–H and O–H groups in total. The Morgan fingerprint density at radius 3 is 1.82 bits per heavy atom. The van der Waals surface area contributed by atoms with Crippen LogP contribution in [-0.2, 0) is 0 Å². The van der Waals surface area contributed by atoms with E-state index in [1.807, 2.05) is 0 Å². The molecule has 1 fully saturated rings. The van der Waals surface area contributed by atoms with Crippen molar-refractivity contribution in [3.8, 4) is 0 Å². The van der Waals surface area contributed by atoms with Gasteiger partial charge in [0, 0.05) is 0 Å². The summed E-state index contributed by atoms with van der Waals surface area (Å²) in [5.74, 6) is 0.863. The first kappa shape index (κ1) is 21.3. The van der Waals surface area contributed by atoms with Crippen LogP contribution < -0.4 is 0 Å². The van der Waals surface area contributed by atoms with Gasteiger partial charge in [-0.2, -0.15) is 0 Å². The van der Waals surface area contributed by atoms with Gasteiger partial charge in [0.1, 0.15) is 0 Å². The molecule has 2 heteroatoms. The van der Waals surface area contributed by atoms with Gasteiger partial charge in [-0.15, -0.1) is 0 Å². The number of rotatable bonds is 12. The van der Waals surface area contributed by atoms with E-state index in [-0.39, 0.29) is 0 Å². The van der Waals surface area contributed by atoms with Gasteiger partial charge in [-0.05, 0) is 0 Å². The van der Waals surface area contributed by atoms with Crippen molar-refractivity contribution < 1.29 is 0 Å². The number of halogens is 1. The summed E-state index contributed by atoms with van der Waals surface area (Å²) < 4.78 is 7.34. The van der Waals surface area contributed by atoms with E-state index in [4.69, 9.17) is 0 Å². The summed E-state index contributed by atoms with van der Waals surface area (Å²) in [6.07, 6.45) is 13.0. The summed E-state index contributed by atoms with van der Waals surface area (Å²) in [7, 11) is 0. The Morgan fingerprint density at radius 1 is 0.955 bits per heavy atom. The number of unbranched alkanes of at least 4 members (excludes halogenated alkanes) is 3. The molecule has 130 valence electrons. The molecular weight excluding hydrogens is 486 g/mol. The van der Waals surface area contributed by atoms with Crippen molar-refractivity contribution in [1.29, 1.82) is 0 Å². The van der Waals surface area contributed by atoms with Crippen molar-refractivity contribution in [1.82, 2.24) is 0 Å². The molecule has 0 radical (unpaired) electrons. The van der Waals surface area contributed by atoms with Gasteiger partial charge < -0.3 is 0 Å². The summed E-state index contributed by atoms with van der Waals surface area (Å²) in [6, 6.07) is 0. The molecule has 22 heavy (non-hydrogen) atoms. The van der Waals surface area contributed by atoms with Crippen LogP contribution >= 0.6 is 22.6 Å². The molecule has 1 aliphatic carbocycles. The molecule has 0 nitrogen and oxygen atoms in total. The van der Waals surface area contributed by atoms with Crippen LogP contribution in [0.4, 0.5) is 0 Å². The van der Waals surface area contributed by atoms with Gasteiger partial charge in [0.25, 0.3) is 0 Å². The predicted octanol–water partition coefficient (Wildman–Crippen LogP) is 8.00. The van der Waals surface area contributed by atoms with Crippen LogP contribution in [0.5, 0.6) is 0 Å². The van der Waals surface area contributed by atoms with E-state index in [9.17, 15) is 0 Å². The normalized spacial score (nSPS) is 22.2. The number of allylic oxidation sites excluding steroid dienone is 1. The molecule has 1 saturated carbocycles. The molecule has 0 spiro atoms. The second-order valence-corrected chi connectivity index (χ2v) is 23.2. The van der Waals surface area contributed by atoms with Gasteiger partial charge in [-0.1, -0.05) is 0 Å². The molecule has 0 aliphatic heterocycles. The number of hydrogen-bond acceptors (Lipinski definition) is 0. The van der Waals surface area contributed by atoms with Gasteiger partial charge in [0.15, 0.2) is 0 Å². The standard InChI is InChI=1S/C8H12I.3C4H9.Sn/c1-6(2)7-4-3-5-8(7)9;3*1-3-4-2;/h7-8H,1-5H2;3*1,3-4H2,2H3;. The number of hydrogen-bond donors (Lipinski definition) is 0. The Labute approximate surface area is 158 Å². The van der Waals surface area contributed by atoms with E-state index in [1.54, 1.807) is 18.9 Å². The molecule has 1 rings (SSSR count). The fraction of sp³-hybridized carbons (Fsp3) is 0.900. The summed E-state index contributed by atoms with van der Waals surface area (Å²) in [4.78, 5) is 0. The quantitative estimate of drug-likeness (QED) is 0.105. The summed E-state index contributed by atoms with van der Waals surface area (Å²) in [6.45, 7) is 11.8. The van der Waals surface area contributed by atoms with E-state index >= 15 is 0 Å². The summed E-state index contributed by atoms with van der Waals surface area (Å²) in [5.41, 5.74) is 1.69. The van der Waals surface area contributed by atoms with Crippen molar-refractivity contribution in [2.75, 3.05) is 0 Å². The maximum absolute atomic E-state index is 4.64. The first-order chi connectivity index (χ1) is 10.6. The van der Waals surface area contributed by atoms with Crippen LogP contribution in [0.2, 0.25) is 17.7 Å². The fourth-order valence-corrected chi connectivity index (χ4v) is 22.2. The monoisotopic (exact) mass is 526 g/mol. The maximum atomic E-state index is 4.64. The third kappa shape index (κ3) is 7.02. The molecule has 0 saturated heterocycles. The van der Waals surface area contributed by atoms with Gasteiger partial charge >= 0.3 is 159 Å². The predicted molar refractivity (Wildman–Crippen MR) is 114 cm³/mol.